The molecule has 1 atom stereocenters. The monoisotopic (exact) mass is 365 g/mol. The number of ether oxygens (including phenoxy) is 1. The minimum absolute atomic E-state index is 0.0639. The van der Waals surface area contributed by atoms with Crippen LogP contribution in [0.4, 0.5) is 5.69 Å². The molecule has 0 bridgehead atoms. The van der Waals surface area contributed by atoms with Crippen LogP contribution >= 0.6 is 0 Å². The third-order valence-electron chi connectivity index (χ3n) is 3.53. The van der Waals surface area contributed by atoms with Crippen molar-refractivity contribution in [2.45, 2.75) is 19.9 Å². The predicted octanol–water partition coefficient (Wildman–Crippen LogP) is -0.869. The lowest BCUT2D eigenvalue weighted by molar-refractivity contribution is -0.863. The average molecular weight is 365 g/mol. The number of hydrogen-bond donors (Lipinski definition) is 3. The highest BCUT2D eigenvalue weighted by Gasteiger charge is 2.19. The van der Waals surface area contributed by atoms with Gasteiger partial charge in [-0.25, -0.2) is 0 Å². The number of nitrogens with one attached hydrogen (secondary N) is 3. The zero-order valence-electron chi connectivity index (χ0n) is 16.1. The highest BCUT2D eigenvalue weighted by molar-refractivity contribution is 5.94. The molecule has 144 valence electrons. The number of quaternary nitrogens is 1. The number of likely N-dealkylation sites (N-methyl/N-ethyl adjacent to an activating group) is 2. The first-order valence-electron chi connectivity index (χ1n) is 8.49. The van der Waals surface area contributed by atoms with Gasteiger partial charge in [0, 0.05) is 24.8 Å². The van der Waals surface area contributed by atoms with Gasteiger partial charge >= 0.3 is 0 Å². The lowest BCUT2D eigenvalue weighted by atomic mass is 10.3. The van der Waals surface area contributed by atoms with Gasteiger partial charge < -0.3 is 25.2 Å². The number of amides is 3. The van der Waals surface area contributed by atoms with Gasteiger partial charge in [0.1, 0.15) is 5.75 Å². The van der Waals surface area contributed by atoms with E-state index in [0.29, 0.717) is 11.4 Å². The van der Waals surface area contributed by atoms with Crippen molar-refractivity contribution in [1.82, 2.24) is 10.2 Å². The highest BCUT2D eigenvalue weighted by Crippen LogP contribution is 2.16. The first-order chi connectivity index (χ1) is 12.2. The van der Waals surface area contributed by atoms with Gasteiger partial charge in [0.05, 0.1) is 20.7 Å². The van der Waals surface area contributed by atoms with E-state index < -0.39 is 0 Å². The minimum atomic E-state index is -0.302. The lowest BCUT2D eigenvalue weighted by Gasteiger charge is -2.20. The molecular formula is C18H29N4O4+. The van der Waals surface area contributed by atoms with Crippen LogP contribution in [-0.2, 0) is 14.4 Å². The predicted molar refractivity (Wildman–Crippen MR) is 99.2 cm³/mol. The number of hydrogen-bond acceptors (Lipinski definition) is 4. The maximum atomic E-state index is 12.2. The summed E-state index contributed by atoms with van der Waals surface area (Å²) in [5, 5.41) is 5.51. The summed E-state index contributed by atoms with van der Waals surface area (Å²) in [6.45, 7) is 4.03. The van der Waals surface area contributed by atoms with Crippen LogP contribution in [0.25, 0.3) is 0 Å². The molecule has 8 heteroatoms. The molecule has 0 fully saturated rings. The summed E-state index contributed by atoms with van der Waals surface area (Å²) >= 11 is 0. The number of carbonyl (C=O) groups excluding carboxylic acids is 3. The summed E-state index contributed by atoms with van der Waals surface area (Å²) in [4.78, 5) is 38.1. The molecule has 0 aromatic heterocycles. The molecule has 0 heterocycles. The topological polar surface area (TPSA) is 92.2 Å². The molecule has 0 saturated carbocycles. The Bertz CT molecular complexity index is 633. The molecule has 1 unspecified atom stereocenters. The lowest BCUT2D eigenvalue weighted by Crippen LogP contribution is -3.11. The molecule has 0 spiro atoms. The summed E-state index contributed by atoms with van der Waals surface area (Å²) in [5.41, 5.74) is 0.600. The number of methoxy groups -OCH3 is 1. The van der Waals surface area contributed by atoms with Gasteiger partial charge in [-0.15, -0.1) is 0 Å². The van der Waals surface area contributed by atoms with Gasteiger partial charge in [-0.05, 0) is 26.0 Å². The fraction of sp³-hybridized carbons (Fsp3) is 0.500. The Morgan fingerprint density at radius 2 is 1.88 bits per heavy atom. The van der Waals surface area contributed by atoms with E-state index in [1.807, 2.05) is 13.8 Å². The second-order valence-corrected chi connectivity index (χ2v) is 6.56. The summed E-state index contributed by atoms with van der Waals surface area (Å²) in [5.74, 6) is 0.0193. The van der Waals surface area contributed by atoms with Gasteiger partial charge in [0.15, 0.2) is 13.1 Å². The van der Waals surface area contributed by atoms with E-state index in [9.17, 15) is 14.4 Å². The van der Waals surface area contributed by atoms with Crippen LogP contribution in [0.2, 0.25) is 0 Å². The van der Waals surface area contributed by atoms with Crippen LogP contribution in [0, 0.1) is 0 Å². The molecule has 0 aliphatic rings. The molecule has 0 saturated heterocycles. The Morgan fingerprint density at radius 1 is 1.19 bits per heavy atom. The fourth-order valence-electron chi connectivity index (χ4n) is 2.31. The number of nitrogens with zero attached hydrogens (tertiary/aromatic N) is 1. The third kappa shape index (κ3) is 7.98. The second kappa shape index (κ2) is 10.4. The molecule has 0 aliphatic carbocycles. The average Bonchev–Trinajstić information content (AvgIpc) is 2.53. The summed E-state index contributed by atoms with van der Waals surface area (Å²) in [6.07, 6.45) is 0. The molecule has 26 heavy (non-hydrogen) atoms. The molecule has 3 N–H and O–H groups in total. The molecule has 1 rings (SSSR count). The van der Waals surface area contributed by atoms with Crippen LogP contribution in [0.5, 0.6) is 5.75 Å². The first-order valence-corrected chi connectivity index (χ1v) is 8.49. The van der Waals surface area contributed by atoms with Gasteiger partial charge in [0.2, 0.25) is 5.91 Å². The molecule has 0 aliphatic heterocycles. The Labute approximate surface area is 154 Å². The van der Waals surface area contributed by atoms with Crippen LogP contribution in [0.15, 0.2) is 24.3 Å². The highest BCUT2D eigenvalue weighted by atomic mass is 16.5. The van der Waals surface area contributed by atoms with Gasteiger partial charge in [0.25, 0.3) is 11.8 Å². The molecule has 0 radical (unpaired) electrons. The standard InChI is InChI=1S/C18H28N4O4/c1-13(2)19-16(23)10-21(3)12-18(25)22(4)11-17(24)20-14-7-6-8-15(9-14)26-5/h6-9,13H,10-12H2,1-5H3,(H,19,23)(H,20,24)/p+1. The van der Waals surface area contributed by atoms with Crippen molar-refractivity contribution >= 4 is 23.4 Å². The van der Waals surface area contributed by atoms with Gasteiger partial charge in [-0.2, -0.15) is 0 Å². The Hall–Kier alpha value is -2.61. The second-order valence-electron chi connectivity index (χ2n) is 6.56. The van der Waals surface area contributed by atoms with Crippen molar-refractivity contribution in [1.29, 1.82) is 0 Å². The van der Waals surface area contributed by atoms with Crippen molar-refractivity contribution in [3.8, 4) is 5.75 Å². The van der Waals surface area contributed by atoms with E-state index in [-0.39, 0.29) is 43.4 Å². The smallest absolute Gasteiger partial charge is 0.277 e. The van der Waals surface area contributed by atoms with E-state index >= 15 is 0 Å². The normalized spacial score (nSPS) is 11.6. The Kier molecular flexibility index (Phi) is 8.57. The van der Waals surface area contributed by atoms with Gasteiger partial charge in [-0.3, -0.25) is 14.4 Å². The van der Waals surface area contributed by atoms with Crippen LogP contribution in [0.1, 0.15) is 13.8 Å². The SMILES string of the molecule is COc1cccc(NC(=O)CN(C)C(=O)C[NH+](C)CC(=O)NC(C)C)c1. The van der Waals surface area contributed by atoms with E-state index in [2.05, 4.69) is 10.6 Å². The number of carbonyl (C=O) groups is 3. The third-order valence-corrected chi connectivity index (χ3v) is 3.53. The van der Waals surface area contributed by atoms with E-state index in [1.54, 1.807) is 45.5 Å². The zero-order chi connectivity index (χ0) is 19.7. The Balaban J connectivity index is 2.45. The summed E-state index contributed by atoms with van der Waals surface area (Å²) < 4.78 is 5.10. The first kappa shape index (κ1) is 21.4. The number of rotatable bonds is 9. The van der Waals surface area contributed by atoms with E-state index in [1.165, 1.54) is 4.90 Å². The van der Waals surface area contributed by atoms with Gasteiger partial charge in [-0.1, -0.05) is 6.07 Å². The largest absolute Gasteiger partial charge is 0.497 e. The summed E-state index contributed by atoms with van der Waals surface area (Å²) in [6, 6.07) is 7.05. The van der Waals surface area contributed by atoms with Crippen molar-refractivity contribution in [2.75, 3.05) is 46.2 Å². The van der Waals surface area contributed by atoms with E-state index in [4.69, 9.17) is 4.74 Å². The Morgan fingerprint density at radius 3 is 2.50 bits per heavy atom. The quantitative estimate of drug-likeness (QED) is 0.531. The number of benzene rings is 1. The maximum absolute atomic E-state index is 12.2. The van der Waals surface area contributed by atoms with Crippen LogP contribution in [-0.4, -0.2) is 69.5 Å². The number of anilines is 1. The molecule has 1 aromatic rings. The van der Waals surface area contributed by atoms with Crippen LogP contribution in [0.3, 0.4) is 0 Å². The maximum Gasteiger partial charge on any atom is 0.277 e. The van der Waals surface area contributed by atoms with Crippen molar-refractivity contribution < 1.29 is 24.0 Å². The summed E-state index contributed by atoms with van der Waals surface area (Å²) in [7, 11) is 4.88. The molecule has 3 amide bonds. The van der Waals surface area contributed by atoms with Crippen molar-refractivity contribution in [3.63, 3.8) is 0 Å². The van der Waals surface area contributed by atoms with Crippen LogP contribution < -0.4 is 20.3 Å². The molecule has 8 nitrogen and oxygen atoms in total. The fourth-order valence-corrected chi connectivity index (χ4v) is 2.31. The molecule has 1 aromatic carbocycles. The minimum Gasteiger partial charge on any atom is -0.497 e. The molecular weight excluding hydrogens is 336 g/mol. The van der Waals surface area contributed by atoms with Crippen molar-refractivity contribution in [3.05, 3.63) is 24.3 Å². The van der Waals surface area contributed by atoms with E-state index in [0.717, 1.165) is 4.90 Å². The van der Waals surface area contributed by atoms with Crippen molar-refractivity contribution in [2.24, 2.45) is 0 Å². The zero-order valence-corrected chi connectivity index (χ0v) is 16.1.